The van der Waals surface area contributed by atoms with Crippen LogP contribution in [0.25, 0.3) is 0 Å². The molecule has 0 saturated carbocycles. The Bertz CT molecular complexity index is 951. The number of halogens is 1. The molecule has 1 N–H and O–H groups in total. The van der Waals surface area contributed by atoms with Gasteiger partial charge in [-0.05, 0) is 29.3 Å². The smallest absolute Gasteiger partial charge is 0.234 e. The molecule has 0 aliphatic carbocycles. The van der Waals surface area contributed by atoms with Gasteiger partial charge in [0, 0.05) is 37.7 Å². The Labute approximate surface area is 199 Å². The van der Waals surface area contributed by atoms with Gasteiger partial charge in [0.25, 0.3) is 0 Å². The third kappa shape index (κ3) is 6.52. The van der Waals surface area contributed by atoms with E-state index in [0.717, 1.165) is 11.1 Å². The van der Waals surface area contributed by atoms with Crippen molar-refractivity contribution in [3.8, 4) is 17.2 Å². The number of benzene rings is 2. The zero-order valence-electron chi connectivity index (χ0n) is 19.2. The van der Waals surface area contributed by atoms with Gasteiger partial charge in [0.05, 0.1) is 34.3 Å². The van der Waals surface area contributed by atoms with Gasteiger partial charge >= 0.3 is 0 Å². The van der Waals surface area contributed by atoms with Gasteiger partial charge in [0.15, 0.2) is 11.5 Å². The number of rotatable bonds is 9. The van der Waals surface area contributed by atoms with Crippen LogP contribution in [0.15, 0.2) is 36.4 Å². The van der Waals surface area contributed by atoms with Gasteiger partial charge in [0.2, 0.25) is 17.6 Å². The molecule has 1 fully saturated rings. The van der Waals surface area contributed by atoms with Crippen LogP contribution in [0.1, 0.15) is 11.1 Å². The van der Waals surface area contributed by atoms with Gasteiger partial charge in [-0.2, -0.15) is 0 Å². The predicted molar refractivity (Wildman–Crippen MR) is 126 cm³/mol. The first-order chi connectivity index (χ1) is 15.9. The number of ether oxygens (including phenoxy) is 3. The quantitative estimate of drug-likeness (QED) is 0.599. The first kappa shape index (κ1) is 24.7. The summed E-state index contributed by atoms with van der Waals surface area (Å²) in [6.45, 7) is 3.08. The summed E-state index contributed by atoms with van der Waals surface area (Å²) in [5.74, 6) is 1.56. The number of methoxy groups -OCH3 is 3. The second kappa shape index (κ2) is 11.8. The van der Waals surface area contributed by atoms with Crippen LogP contribution in [0.2, 0.25) is 5.02 Å². The van der Waals surface area contributed by atoms with Crippen molar-refractivity contribution in [3.63, 3.8) is 0 Å². The van der Waals surface area contributed by atoms with Gasteiger partial charge in [-0.1, -0.05) is 29.8 Å². The van der Waals surface area contributed by atoms with E-state index >= 15 is 0 Å². The molecular weight excluding hydrogens is 446 g/mol. The van der Waals surface area contributed by atoms with Crippen molar-refractivity contribution in [1.29, 1.82) is 0 Å². The Balaban J connectivity index is 1.46. The molecule has 0 unspecified atom stereocenters. The van der Waals surface area contributed by atoms with Crippen molar-refractivity contribution < 1.29 is 23.8 Å². The first-order valence-corrected chi connectivity index (χ1v) is 11.1. The Morgan fingerprint density at radius 2 is 1.61 bits per heavy atom. The van der Waals surface area contributed by atoms with E-state index in [9.17, 15) is 9.59 Å². The Morgan fingerprint density at radius 1 is 0.970 bits per heavy atom. The fourth-order valence-electron chi connectivity index (χ4n) is 3.77. The topological polar surface area (TPSA) is 80.3 Å². The highest BCUT2D eigenvalue weighted by atomic mass is 35.5. The van der Waals surface area contributed by atoms with E-state index in [0.29, 0.717) is 55.0 Å². The molecule has 2 amide bonds. The maximum atomic E-state index is 12.6. The number of hydrogen-bond acceptors (Lipinski definition) is 6. The lowest BCUT2D eigenvalue weighted by atomic mass is 10.1. The SMILES string of the molecule is COc1cc(CNC(=O)CN2CCN(C(=O)Cc3ccccc3Cl)CC2)cc(OC)c1OC. The molecule has 8 nitrogen and oxygen atoms in total. The fraction of sp³-hybridized carbons (Fsp3) is 0.417. The average molecular weight is 476 g/mol. The van der Waals surface area contributed by atoms with Crippen molar-refractivity contribution >= 4 is 23.4 Å². The molecule has 0 radical (unpaired) electrons. The highest BCUT2D eigenvalue weighted by Gasteiger charge is 2.23. The Kier molecular flexibility index (Phi) is 8.79. The molecule has 0 spiro atoms. The second-order valence-electron chi connectivity index (χ2n) is 7.74. The fourth-order valence-corrected chi connectivity index (χ4v) is 3.97. The molecule has 178 valence electrons. The summed E-state index contributed by atoms with van der Waals surface area (Å²) >= 11 is 6.17. The molecule has 1 aliphatic rings. The number of nitrogens with one attached hydrogen (secondary N) is 1. The van der Waals surface area contributed by atoms with E-state index < -0.39 is 0 Å². The molecule has 2 aromatic carbocycles. The van der Waals surface area contributed by atoms with Crippen LogP contribution in [0.4, 0.5) is 0 Å². The van der Waals surface area contributed by atoms with Crippen LogP contribution < -0.4 is 19.5 Å². The maximum Gasteiger partial charge on any atom is 0.234 e. The molecule has 3 rings (SSSR count). The van der Waals surface area contributed by atoms with Crippen molar-refractivity contribution in [3.05, 3.63) is 52.5 Å². The van der Waals surface area contributed by atoms with E-state index in [1.165, 1.54) is 0 Å². The van der Waals surface area contributed by atoms with E-state index in [4.69, 9.17) is 25.8 Å². The summed E-state index contributed by atoms with van der Waals surface area (Å²) in [4.78, 5) is 28.9. The minimum Gasteiger partial charge on any atom is -0.493 e. The van der Waals surface area contributed by atoms with Gasteiger partial charge < -0.3 is 24.4 Å². The summed E-state index contributed by atoms with van der Waals surface area (Å²) in [5, 5.41) is 3.54. The number of nitrogens with zero attached hydrogens (tertiary/aromatic N) is 2. The number of amides is 2. The lowest BCUT2D eigenvalue weighted by Gasteiger charge is -2.34. The van der Waals surface area contributed by atoms with Crippen LogP contribution >= 0.6 is 11.6 Å². The highest BCUT2D eigenvalue weighted by Crippen LogP contribution is 2.38. The lowest BCUT2D eigenvalue weighted by Crippen LogP contribution is -2.51. The van der Waals surface area contributed by atoms with Crippen LogP contribution in [0, 0.1) is 0 Å². The first-order valence-electron chi connectivity index (χ1n) is 10.7. The Morgan fingerprint density at radius 3 is 2.18 bits per heavy atom. The van der Waals surface area contributed by atoms with Crippen molar-refractivity contribution in [2.24, 2.45) is 0 Å². The minimum atomic E-state index is -0.0837. The summed E-state index contributed by atoms with van der Waals surface area (Å²) in [6.07, 6.45) is 0.287. The summed E-state index contributed by atoms with van der Waals surface area (Å²) in [7, 11) is 4.66. The zero-order chi connectivity index (χ0) is 23.8. The third-order valence-corrected chi connectivity index (χ3v) is 5.97. The van der Waals surface area contributed by atoms with Crippen LogP contribution in [-0.2, 0) is 22.6 Å². The predicted octanol–water partition coefficient (Wildman–Crippen LogP) is 2.37. The number of piperazine rings is 1. The molecule has 33 heavy (non-hydrogen) atoms. The molecule has 1 heterocycles. The molecule has 1 aliphatic heterocycles. The molecule has 0 atom stereocenters. The third-order valence-electron chi connectivity index (χ3n) is 5.61. The molecule has 1 saturated heterocycles. The average Bonchev–Trinajstić information content (AvgIpc) is 2.83. The summed E-state index contributed by atoms with van der Waals surface area (Å²) in [5.41, 5.74) is 1.67. The van der Waals surface area contributed by atoms with Crippen molar-refractivity contribution in [1.82, 2.24) is 15.1 Å². The van der Waals surface area contributed by atoms with E-state index in [1.807, 2.05) is 40.1 Å². The second-order valence-corrected chi connectivity index (χ2v) is 8.14. The largest absolute Gasteiger partial charge is 0.493 e. The maximum absolute atomic E-state index is 12.6. The summed E-state index contributed by atoms with van der Waals surface area (Å²) < 4.78 is 16.0. The number of hydrogen-bond donors (Lipinski definition) is 1. The van der Waals surface area contributed by atoms with Gasteiger partial charge in [-0.15, -0.1) is 0 Å². The van der Waals surface area contributed by atoms with Gasteiger partial charge in [-0.25, -0.2) is 0 Å². The normalized spacial score (nSPS) is 14.0. The van der Waals surface area contributed by atoms with Crippen molar-refractivity contribution in [2.75, 3.05) is 54.1 Å². The zero-order valence-corrected chi connectivity index (χ0v) is 20.0. The van der Waals surface area contributed by atoms with E-state index in [2.05, 4.69) is 5.32 Å². The summed E-state index contributed by atoms with van der Waals surface area (Å²) in [6, 6.07) is 11.0. The van der Waals surface area contributed by atoms with Crippen LogP contribution in [0.3, 0.4) is 0 Å². The monoisotopic (exact) mass is 475 g/mol. The van der Waals surface area contributed by atoms with E-state index in [-0.39, 0.29) is 24.8 Å². The molecule has 2 aromatic rings. The van der Waals surface area contributed by atoms with Crippen LogP contribution in [0.5, 0.6) is 17.2 Å². The highest BCUT2D eigenvalue weighted by molar-refractivity contribution is 6.31. The molecule has 9 heteroatoms. The molecular formula is C24H30ClN3O5. The van der Waals surface area contributed by atoms with Crippen LogP contribution in [-0.4, -0.2) is 75.7 Å². The number of carbonyl (C=O) groups excluding carboxylic acids is 2. The molecule has 0 aromatic heterocycles. The van der Waals surface area contributed by atoms with Gasteiger partial charge in [0.1, 0.15) is 0 Å². The van der Waals surface area contributed by atoms with Gasteiger partial charge in [-0.3, -0.25) is 14.5 Å². The number of carbonyl (C=O) groups is 2. The standard InChI is InChI=1S/C24H30ClN3O5/c1-31-20-12-17(13-21(32-2)24(20)33-3)15-26-22(29)16-27-8-10-28(11-9-27)23(30)14-18-6-4-5-7-19(18)25/h4-7,12-13H,8-11,14-16H2,1-3H3,(H,26,29). The lowest BCUT2D eigenvalue weighted by molar-refractivity contribution is -0.132. The van der Waals surface area contributed by atoms with E-state index in [1.54, 1.807) is 27.4 Å². The molecule has 0 bridgehead atoms. The van der Waals surface area contributed by atoms with Crippen molar-refractivity contribution in [2.45, 2.75) is 13.0 Å². The Hall–Kier alpha value is -2.97. The minimum absolute atomic E-state index is 0.0506.